The topological polar surface area (TPSA) is 41.5 Å². The fourth-order valence-electron chi connectivity index (χ4n) is 1.84. The van der Waals surface area contributed by atoms with Gasteiger partial charge in [0.25, 0.3) is 0 Å². The molecule has 0 amide bonds. The molecule has 0 radical (unpaired) electrons. The van der Waals surface area contributed by atoms with E-state index in [0.29, 0.717) is 28.6 Å². The van der Waals surface area contributed by atoms with Crippen LogP contribution in [-0.4, -0.2) is 30.4 Å². The molecule has 1 aromatic rings. The van der Waals surface area contributed by atoms with E-state index in [4.69, 9.17) is 27.9 Å². The maximum atomic E-state index is 10.3. The van der Waals surface area contributed by atoms with Crippen LogP contribution in [0.3, 0.4) is 0 Å². The first-order valence-electron chi connectivity index (χ1n) is 5.61. The molecular weight excluding hydrogens is 261 g/mol. The molecule has 0 atom stereocenters. The summed E-state index contributed by atoms with van der Waals surface area (Å²) in [4.78, 5) is 0. The normalized spacial score (nSPS) is 19.0. The Morgan fingerprint density at radius 2 is 2.00 bits per heavy atom. The van der Waals surface area contributed by atoms with Crippen molar-refractivity contribution in [1.82, 2.24) is 5.32 Å². The molecule has 1 aromatic carbocycles. The summed E-state index contributed by atoms with van der Waals surface area (Å²) in [5.41, 5.74) is -0.767. The summed E-state index contributed by atoms with van der Waals surface area (Å²) in [6, 6.07) is 5.23. The van der Waals surface area contributed by atoms with Crippen LogP contribution in [0.25, 0.3) is 0 Å². The SMILES string of the molecule is OC1(COc2cccc(Cl)c2Cl)CCNCC1. The molecule has 0 aliphatic carbocycles. The molecule has 0 unspecified atom stereocenters. The Labute approximate surface area is 111 Å². The summed E-state index contributed by atoms with van der Waals surface area (Å²) in [5.74, 6) is 0.520. The average molecular weight is 276 g/mol. The van der Waals surface area contributed by atoms with E-state index in [9.17, 15) is 5.11 Å². The van der Waals surface area contributed by atoms with Gasteiger partial charge in [-0.15, -0.1) is 0 Å². The Balaban J connectivity index is 1.99. The zero-order chi connectivity index (χ0) is 12.3. The zero-order valence-corrected chi connectivity index (χ0v) is 10.9. The first-order chi connectivity index (χ1) is 8.11. The molecule has 1 aliphatic rings. The second-order valence-corrected chi connectivity index (χ2v) is 5.10. The van der Waals surface area contributed by atoms with Gasteiger partial charge >= 0.3 is 0 Å². The Kier molecular flexibility index (Phi) is 4.15. The van der Waals surface area contributed by atoms with Crippen LogP contribution in [0.5, 0.6) is 5.75 Å². The molecule has 1 fully saturated rings. The summed E-state index contributed by atoms with van der Waals surface area (Å²) in [5, 5.41) is 14.3. The van der Waals surface area contributed by atoms with Crippen LogP contribution >= 0.6 is 23.2 Å². The molecule has 1 saturated heterocycles. The number of hydrogen-bond acceptors (Lipinski definition) is 3. The van der Waals surface area contributed by atoms with Gasteiger partial charge in [-0.05, 0) is 38.1 Å². The van der Waals surface area contributed by atoms with Crippen molar-refractivity contribution in [1.29, 1.82) is 0 Å². The van der Waals surface area contributed by atoms with Crippen molar-refractivity contribution >= 4 is 23.2 Å². The van der Waals surface area contributed by atoms with Crippen LogP contribution < -0.4 is 10.1 Å². The van der Waals surface area contributed by atoms with Crippen LogP contribution in [0.15, 0.2) is 18.2 Å². The molecule has 0 aromatic heterocycles. The third-order valence-corrected chi connectivity index (χ3v) is 3.75. The van der Waals surface area contributed by atoms with Crippen molar-refractivity contribution < 1.29 is 9.84 Å². The third kappa shape index (κ3) is 3.26. The van der Waals surface area contributed by atoms with E-state index in [2.05, 4.69) is 5.32 Å². The van der Waals surface area contributed by atoms with Crippen molar-refractivity contribution in [2.45, 2.75) is 18.4 Å². The summed E-state index contributed by atoms with van der Waals surface area (Å²) >= 11 is 11.9. The number of hydrogen-bond donors (Lipinski definition) is 2. The van der Waals surface area contributed by atoms with Crippen LogP contribution in [0.1, 0.15) is 12.8 Å². The second-order valence-electron chi connectivity index (χ2n) is 4.31. The quantitative estimate of drug-likeness (QED) is 0.891. The van der Waals surface area contributed by atoms with Gasteiger partial charge in [-0.1, -0.05) is 29.3 Å². The van der Waals surface area contributed by atoms with E-state index in [1.807, 2.05) is 0 Å². The lowest BCUT2D eigenvalue weighted by atomic mass is 9.94. The van der Waals surface area contributed by atoms with Crippen molar-refractivity contribution in [2.75, 3.05) is 19.7 Å². The van der Waals surface area contributed by atoms with Crippen molar-refractivity contribution in [3.05, 3.63) is 28.2 Å². The van der Waals surface area contributed by atoms with Gasteiger partial charge in [-0.25, -0.2) is 0 Å². The lowest BCUT2D eigenvalue weighted by Crippen LogP contribution is -2.46. The Morgan fingerprint density at radius 3 is 2.71 bits per heavy atom. The number of ether oxygens (including phenoxy) is 1. The van der Waals surface area contributed by atoms with Gasteiger partial charge in [0.05, 0.1) is 5.02 Å². The highest BCUT2D eigenvalue weighted by Gasteiger charge is 2.30. The molecule has 5 heteroatoms. The van der Waals surface area contributed by atoms with E-state index in [-0.39, 0.29) is 6.61 Å². The number of halogens is 2. The lowest BCUT2D eigenvalue weighted by molar-refractivity contribution is -0.0285. The molecule has 1 heterocycles. The van der Waals surface area contributed by atoms with E-state index >= 15 is 0 Å². The van der Waals surface area contributed by atoms with E-state index in [0.717, 1.165) is 13.1 Å². The van der Waals surface area contributed by atoms with Crippen LogP contribution in [0.2, 0.25) is 10.0 Å². The smallest absolute Gasteiger partial charge is 0.139 e. The van der Waals surface area contributed by atoms with Crippen LogP contribution in [-0.2, 0) is 0 Å². The Morgan fingerprint density at radius 1 is 1.29 bits per heavy atom. The molecule has 2 N–H and O–H groups in total. The highest BCUT2D eigenvalue weighted by atomic mass is 35.5. The number of nitrogens with one attached hydrogen (secondary N) is 1. The highest BCUT2D eigenvalue weighted by molar-refractivity contribution is 6.42. The molecule has 0 saturated carbocycles. The van der Waals surface area contributed by atoms with Gasteiger partial charge in [-0.3, -0.25) is 0 Å². The first kappa shape index (κ1) is 13.0. The maximum absolute atomic E-state index is 10.3. The first-order valence-corrected chi connectivity index (χ1v) is 6.36. The van der Waals surface area contributed by atoms with Crippen molar-refractivity contribution in [3.8, 4) is 5.75 Å². The summed E-state index contributed by atoms with van der Waals surface area (Å²) in [6.45, 7) is 1.86. The molecular formula is C12H15Cl2NO2. The highest BCUT2D eigenvalue weighted by Crippen LogP contribution is 2.32. The molecule has 0 bridgehead atoms. The van der Waals surface area contributed by atoms with Crippen LogP contribution in [0.4, 0.5) is 0 Å². The average Bonchev–Trinajstić information content (AvgIpc) is 2.32. The predicted molar refractivity (Wildman–Crippen MR) is 69.0 cm³/mol. The van der Waals surface area contributed by atoms with Gasteiger partial charge in [0.1, 0.15) is 23.0 Å². The van der Waals surface area contributed by atoms with Gasteiger partial charge in [0.15, 0.2) is 0 Å². The maximum Gasteiger partial charge on any atom is 0.139 e. The predicted octanol–water partition coefficient (Wildman–Crippen LogP) is 2.49. The summed E-state index contributed by atoms with van der Waals surface area (Å²) in [7, 11) is 0. The van der Waals surface area contributed by atoms with E-state index in [1.165, 1.54) is 0 Å². The summed E-state index contributed by atoms with van der Waals surface area (Å²) < 4.78 is 5.57. The number of benzene rings is 1. The third-order valence-electron chi connectivity index (χ3n) is 2.95. The Bertz CT molecular complexity index is 392. The molecule has 2 rings (SSSR count). The minimum absolute atomic E-state index is 0.245. The fraction of sp³-hybridized carbons (Fsp3) is 0.500. The molecule has 3 nitrogen and oxygen atoms in total. The van der Waals surface area contributed by atoms with Gasteiger partial charge in [-0.2, -0.15) is 0 Å². The van der Waals surface area contributed by atoms with Crippen molar-refractivity contribution in [3.63, 3.8) is 0 Å². The monoisotopic (exact) mass is 275 g/mol. The standard InChI is InChI=1S/C12H15Cl2NO2/c13-9-2-1-3-10(11(9)14)17-8-12(16)4-6-15-7-5-12/h1-3,15-16H,4-8H2. The van der Waals surface area contributed by atoms with Gasteiger partial charge < -0.3 is 15.2 Å². The zero-order valence-electron chi connectivity index (χ0n) is 9.38. The van der Waals surface area contributed by atoms with E-state index < -0.39 is 5.60 Å². The molecule has 0 spiro atoms. The molecule has 1 aliphatic heterocycles. The second kappa shape index (κ2) is 5.44. The molecule has 94 valence electrons. The minimum atomic E-state index is -0.767. The minimum Gasteiger partial charge on any atom is -0.489 e. The van der Waals surface area contributed by atoms with Crippen molar-refractivity contribution in [2.24, 2.45) is 0 Å². The lowest BCUT2D eigenvalue weighted by Gasteiger charge is -2.32. The van der Waals surface area contributed by atoms with Gasteiger partial charge in [0.2, 0.25) is 0 Å². The van der Waals surface area contributed by atoms with Gasteiger partial charge in [0, 0.05) is 0 Å². The number of rotatable bonds is 3. The largest absolute Gasteiger partial charge is 0.489 e. The number of piperidine rings is 1. The van der Waals surface area contributed by atoms with E-state index in [1.54, 1.807) is 18.2 Å². The summed E-state index contributed by atoms with van der Waals surface area (Å²) in [6.07, 6.45) is 1.37. The fourth-order valence-corrected chi connectivity index (χ4v) is 2.19. The Hall–Kier alpha value is -0.480. The molecule has 17 heavy (non-hydrogen) atoms. The van der Waals surface area contributed by atoms with Crippen LogP contribution in [0, 0.1) is 0 Å². The number of aliphatic hydroxyl groups is 1.